The molecule has 0 atom stereocenters. The number of carbonyl (C=O) groups is 2. The van der Waals surface area contributed by atoms with E-state index in [2.05, 4.69) is 0 Å². The van der Waals surface area contributed by atoms with Gasteiger partial charge in [-0.1, -0.05) is 13.8 Å². The second-order valence-electron chi connectivity index (χ2n) is 4.28. The lowest BCUT2D eigenvalue weighted by Crippen LogP contribution is -2.45. The summed E-state index contributed by atoms with van der Waals surface area (Å²) in [6.45, 7) is 6.80. The summed E-state index contributed by atoms with van der Waals surface area (Å²) >= 11 is 0. The summed E-state index contributed by atoms with van der Waals surface area (Å²) in [6, 6.07) is 0. The first-order chi connectivity index (χ1) is 8.36. The third kappa shape index (κ3) is 2.12. The molecule has 0 radical (unpaired) electrons. The Morgan fingerprint density at radius 3 is 1.67 bits per heavy atom. The zero-order valence-electron chi connectivity index (χ0n) is 11.1. The van der Waals surface area contributed by atoms with Gasteiger partial charge in [-0.05, 0) is 37.8 Å². The molecule has 18 heavy (non-hydrogen) atoms. The van der Waals surface area contributed by atoms with Gasteiger partial charge in [0.1, 0.15) is 6.09 Å². The maximum absolute atomic E-state index is 11.3. The summed E-state index contributed by atoms with van der Waals surface area (Å²) in [4.78, 5) is 23.5. The number of allylic oxidation sites excluding steroid dienone is 2. The van der Waals surface area contributed by atoms with E-state index < -0.39 is 18.0 Å². The number of hydrogen-bond donors (Lipinski definition) is 0. The average molecular weight is 251 g/mol. The Morgan fingerprint density at radius 2 is 1.44 bits per heavy atom. The van der Waals surface area contributed by atoms with Crippen LogP contribution in [-0.2, 0) is 4.79 Å². The van der Waals surface area contributed by atoms with Crippen molar-refractivity contribution in [2.45, 2.75) is 40.5 Å². The first-order valence-corrected chi connectivity index (χ1v) is 5.97. The number of hydrogen-bond acceptors (Lipinski definition) is 4. The van der Waals surface area contributed by atoms with Crippen LogP contribution < -0.4 is 10.2 Å². The highest BCUT2D eigenvalue weighted by atomic mass is 16.4. The molecule has 0 N–H and O–H groups in total. The third-order valence-electron chi connectivity index (χ3n) is 3.48. The van der Waals surface area contributed by atoms with E-state index in [1.54, 1.807) is 27.7 Å². The van der Waals surface area contributed by atoms with Crippen LogP contribution in [0.4, 0.5) is 4.79 Å². The Kier molecular flexibility index (Phi) is 4.16. The molecule has 0 spiro atoms. The topological polar surface area (TPSA) is 83.5 Å². The van der Waals surface area contributed by atoms with Gasteiger partial charge in [-0.2, -0.15) is 0 Å². The predicted octanol–water partition coefficient (Wildman–Crippen LogP) is 0.379. The Hall–Kier alpha value is -1.78. The van der Waals surface area contributed by atoms with Crippen molar-refractivity contribution in [3.05, 3.63) is 22.5 Å². The van der Waals surface area contributed by atoms with Crippen molar-refractivity contribution in [2.24, 2.45) is 5.92 Å². The van der Waals surface area contributed by atoms with Crippen LogP contribution in [0.1, 0.15) is 40.5 Å². The summed E-state index contributed by atoms with van der Waals surface area (Å²) in [6.07, 6.45) is -0.408. The number of carboxylic acid groups (broad SMARTS) is 2. The molecule has 1 aliphatic rings. The summed E-state index contributed by atoms with van der Waals surface area (Å²) < 4.78 is 0. The quantitative estimate of drug-likeness (QED) is 0.726. The van der Waals surface area contributed by atoms with Gasteiger partial charge in [0, 0.05) is 17.3 Å². The maximum Gasteiger partial charge on any atom is 0.145 e. The minimum atomic E-state index is -1.33. The smallest absolute Gasteiger partial charge is 0.145 e. The van der Waals surface area contributed by atoms with Crippen molar-refractivity contribution in [3.63, 3.8) is 0 Å². The van der Waals surface area contributed by atoms with Crippen molar-refractivity contribution in [1.82, 2.24) is 4.90 Å². The number of carboxylic acids is 1. The van der Waals surface area contributed by atoms with E-state index in [0.717, 1.165) is 4.90 Å². The molecule has 0 fully saturated rings. The summed E-state index contributed by atoms with van der Waals surface area (Å²) in [5, 5.41) is 22.5. The summed E-state index contributed by atoms with van der Waals surface area (Å²) in [5.41, 5.74) is 1.98. The molecule has 0 unspecified atom stereocenters. The zero-order chi connectivity index (χ0) is 14.0. The summed E-state index contributed by atoms with van der Waals surface area (Å²) in [5.74, 6) is -2.00. The summed E-state index contributed by atoms with van der Waals surface area (Å²) in [7, 11) is 0. The fourth-order valence-corrected chi connectivity index (χ4v) is 2.65. The Labute approximate surface area is 106 Å². The fraction of sp³-hybridized carbons (Fsp3) is 0.538. The second kappa shape index (κ2) is 5.25. The monoisotopic (exact) mass is 251 g/mol. The molecule has 0 saturated carbocycles. The SMILES string of the molecule is CCC1=C(C)N(C(=O)[O-])C(C)=C(CC)C1C(=O)[O-]. The number of nitrogens with zero attached hydrogens (tertiary/aromatic N) is 1. The molecule has 1 heterocycles. The first-order valence-electron chi connectivity index (χ1n) is 5.97. The van der Waals surface area contributed by atoms with Crippen molar-refractivity contribution < 1.29 is 19.8 Å². The molecule has 0 bridgehead atoms. The minimum absolute atomic E-state index is 0.418. The lowest BCUT2D eigenvalue weighted by molar-refractivity contribution is -0.309. The van der Waals surface area contributed by atoms with Gasteiger partial charge < -0.3 is 24.7 Å². The van der Waals surface area contributed by atoms with Gasteiger partial charge in [-0.25, -0.2) is 0 Å². The molecule has 0 aromatic rings. The van der Waals surface area contributed by atoms with Crippen LogP contribution in [0.2, 0.25) is 0 Å². The molecular formula is C13H17NO4-2. The number of amides is 1. The van der Waals surface area contributed by atoms with E-state index >= 15 is 0 Å². The Bertz CT molecular complexity index is 420. The van der Waals surface area contributed by atoms with Gasteiger partial charge in [0.15, 0.2) is 0 Å². The average Bonchev–Trinajstić information content (AvgIpc) is 2.27. The highest BCUT2D eigenvalue weighted by molar-refractivity contribution is 5.79. The van der Waals surface area contributed by atoms with E-state index in [0.29, 0.717) is 35.4 Å². The lowest BCUT2D eigenvalue weighted by atomic mass is 9.82. The predicted molar refractivity (Wildman–Crippen MR) is 61.7 cm³/mol. The molecule has 0 aromatic carbocycles. The lowest BCUT2D eigenvalue weighted by Gasteiger charge is -2.39. The van der Waals surface area contributed by atoms with E-state index in [1.807, 2.05) is 0 Å². The number of aliphatic carboxylic acids is 1. The molecule has 5 nitrogen and oxygen atoms in total. The van der Waals surface area contributed by atoms with Crippen LogP contribution in [0.3, 0.4) is 0 Å². The molecular weight excluding hydrogens is 234 g/mol. The van der Waals surface area contributed by atoms with E-state index in [9.17, 15) is 19.8 Å². The Balaban J connectivity index is 3.47. The third-order valence-corrected chi connectivity index (χ3v) is 3.48. The van der Waals surface area contributed by atoms with Crippen molar-refractivity contribution in [2.75, 3.05) is 0 Å². The van der Waals surface area contributed by atoms with Crippen LogP contribution >= 0.6 is 0 Å². The van der Waals surface area contributed by atoms with Gasteiger partial charge in [-0.3, -0.25) is 0 Å². The van der Waals surface area contributed by atoms with E-state index in [-0.39, 0.29) is 0 Å². The van der Waals surface area contributed by atoms with Gasteiger partial charge in [-0.15, -0.1) is 0 Å². The number of carbonyl (C=O) groups excluding carboxylic acids is 2. The van der Waals surface area contributed by atoms with Gasteiger partial charge >= 0.3 is 0 Å². The normalized spacial score (nSPS) is 17.4. The molecule has 5 heteroatoms. The molecule has 0 saturated heterocycles. The highest BCUT2D eigenvalue weighted by Gasteiger charge is 2.30. The maximum atomic E-state index is 11.3. The van der Waals surface area contributed by atoms with E-state index in [4.69, 9.17) is 0 Å². The molecule has 100 valence electrons. The second-order valence-corrected chi connectivity index (χ2v) is 4.28. The van der Waals surface area contributed by atoms with Gasteiger partial charge in [0.2, 0.25) is 0 Å². The molecule has 1 rings (SSSR count). The van der Waals surface area contributed by atoms with E-state index in [1.165, 1.54) is 0 Å². The van der Waals surface area contributed by atoms with Crippen molar-refractivity contribution in [1.29, 1.82) is 0 Å². The standard InChI is InChI=1S/C13H19NO4/c1-5-9-7(3)14(13(17)18)8(4)10(6-2)11(9)12(15)16/h11H,5-6H2,1-4H3,(H,15,16)(H,17,18)/p-2. The molecule has 0 aliphatic carbocycles. The Morgan fingerprint density at radius 1 is 1.06 bits per heavy atom. The van der Waals surface area contributed by atoms with Crippen molar-refractivity contribution in [3.8, 4) is 0 Å². The van der Waals surface area contributed by atoms with Crippen LogP contribution in [0.25, 0.3) is 0 Å². The zero-order valence-corrected chi connectivity index (χ0v) is 11.1. The van der Waals surface area contributed by atoms with Gasteiger partial charge in [0.05, 0.1) is 5.97 Å². The first kappa shape index (κ1) is 14.3. The van der Waals surface area contributed by atoms with Crippen LogP contribution in [0, 0.1) is 5.92 Å². The highest BCUT2D eigenvalue weighted by Crippen LogP contribution is 2.37. The van der Waals surface area contributed by atoms with Gasteiger partial charge in [0.25, 0.3) is 0 Å². The largest absolute Gasteiger partial charge is 0.549 e. The minimum Gasteiger partial charge on any atom is -0.549 e. The number of rotatable bonds is 3. The van der Waals surface area contributed by atoms with Crippen LogP contribution in [0.15, 0.2) is 22.5 Å². The van der Waals surface area contributed by atoms with Crippen LogP contribution in [-0.4, -0.2) is 17.0 Å². The molecule has 1 aliphatic heterocycles. The van der Waals surface area contributed by atoms with Crippen LogP contribution in [0.5, 0.6) is 0 Å². The fourth-order valence-electron chi connectivity index (χ4n) is 2.65. The molecule has 1 amide bonds. The molecule has 0 aromatic heterocycles. The van der Waals surface area contributed by atoms with Crippen molar-refractivity contribution >= 4 is 12.1 Å².